The van der Waals surface area contributed by atoms with Gasteiger partial charge in [0.15, 0.2) is 0 Å². The van der Waals surface area contributed by atoms with E-state index in [1.807, 2.05) is 0 Å². The average Bonchev–Trinajstić information content (AvgIpc) is 2.70. The molecule has 0 aromatic heterocycles. The van der Waals surface area contributed by atoms with Gasteiger partial charge in [-0.2, -0.15) is 11.8 Å². The highest BCUT2D eigenvalue weighted by molar-refractivity contribution is 8.00. The lowest BCUT2D eigenvalue weighted by Gasteiger charge is -2.60. The summed E-state index contributed by atoms with van der Waals surface area (Å²) in [6, 6.07) is 1.64. The molecular formula is C28H44N2S. The second kappa shape index (κ2) is 6.91. The van der Waals surface area contributed by atoms with Crippen LogP contribution in [0.3, 0.4) is 0 Å². The van der Waals surface area contributed by atoms with Crippen molar-refractivity contribution in [1.29, 1.82) is 0 Å². The van der Waals surface area contributed by atoms with Crippen molar-refractivity contribution in [1.82, 2.24) is 10.6 Å². The molecule has 8 saturated carbocycles. The normalized spacial score (nSPS) is 61.2. The van der Waals surface area contributed by atoms with E-state index in [0.717, 1.165) is 58.1 Å². The van der Waals surface area contributed by atoms with Gasteiger partial charge in [0.1, 0.15) is 0 Å². The van der Waals surface area contributed by atoms with Crippen LogP contribution in [0.4, 0.5) is 0 Å². The zero-order valence-electron chi connectivity index (χ0n) is 19.5. The minimum atomic E-state index is 0.557. The van der Waals surface area contributed by atoms with Crippen LogP contribution in [0.25, 0.3) is 0 Å². The van der Waals surface area contributed by atoms with E-state index in [1.54, 1.807) is 38.5 Å². The van der Waals surface area contributed by atoms with Crippen LogP contribution in [0.1, 0.15) is 103 Å². The molecule has 0 spiro atoms. The lowest BCUT2D eigenvalue weighted by molar-refractivity contribution is -0.0301. The standard InChI is InChI=1S/C28H44N2S/c1-3-25-24(30-28-14-20-8-21(15-28)10-22(9-20)16-28)2-4-26(31-25)23(1)29-27-11-17-5-18(12-27)7-19(6-17)13-27/h17-26,29-30H,1-16H2. The molecule has 10 fully saturated rings. The van der Waals surface area contributed by atoms with E-state index in [9.17, 15) is 0 Å². The van der Waals surface area contributed by atoms with Gasteiger partial charge in [-0.05, 0) is 138 Å². The highest BCUT2D eigenvalue weighted by Gasteiger charge is 2.54. The molecule has 8 aliphatic carbocycles. The first-order valence-electron chi connectivity index (χ1n) is 14.3. The molecule has 10 aliphatic rings. The second-order valence-electron chi connectivity index (χ2n) is 14.3. The number of thioether (sulfide) groups is 1. The van der Waals surface area contributed by atoms with E-state index < -0.39 is 0 Å². The summed E-state index contributed by atoms with van der Waals surface area (Å²) in [7, 11) is 0. The first kappa shape index (κ1) is 19.6. The maximum Gasteiger partial charge on any atom is 0.0205 e. The Labute approximate surface area is 194 Å². The fourth-order valence-electron chi connectivity index (χ4n) is 11.7. The Morgan fingerprint density at radius 1 is 0.452 bits per heavy atom. The number of rotatable bonds is 4. The molecule has 0 aromatic rings. The summed E-state index contributed by atoms with van der Waals surface area (Å²) in [6.45, 7) is 0. The third-order valence-corrected chi connectivity index (χ3v) is 13.7. The zero-order chi connectivity index (χ0) is 20.2. The third-order valence-electron chi connectivity index (χ3n) is 11.8. The molecule has 2 heterocycles. The first-order valence-corrected chi connectivity index (χ1v) is 15.3. The minimum absolute atomic E-state index is 0.557. The number of fused-ring (bicyclic) bond motifs is 2. The van der Waals surface area contributed by atoms with E-state index >= 15 is 0 Å². The molecule has 10 bridgehead atoms. The van der Waals surface area contributed by atoms with Gasteiger partial charge in [0, 0.05) is 33.7 Å². The van der Waals surface area contributed by atoms with Gasteiger partial charge in [-0.25, -0.2) is 0 Å². The Bertz CT molecular complexity index is 602. The van der Waals surface area contributed by atoms with Crippen molar-refractivity contribution in [3.05, 3.63) is 0 Å². The summed E-state index contributed by atoms with van der Waals surface area (Å²) in [5.41, 5.74) is 1.11. The summed E-state index contributed by atoms with van der Waals surface area (Å²) >= 11 is 2.42. The monoisotopic (exact) mass is 440 g/mol. The lowest BCUT2D eigenvalue weighted by Crippen LogP contribution is -2.66. The lowest BCUT2D eigenvalue weighted by atomic mass is 9.52. The first-order chi connectivity index (χ1) is 15.1. The van der Waals surface area contributed by atoms with Crippen LogP contribution in [0.15, 0.2) is 0 Å². The Hall–Kier alpha value is 0.270. The average molecular weight is 441 g/mol. The molecular weight excluding hydrogens is 396 g/mol. The van der Waals surface area contributed by atoms with Crippen molar-refractivity contribution < 1.29 is 0 Å². The van der Waals surface area contributed by atoms with Crippen LogP contribution in [0.2, 0.25) is 0 Å². The topological polar surface area (TPSA) is 24.1 Å². The molecule has 2 aliphatic heterocycles. The maximum atomic E-state index is 4.42. The summed E-state index contributed by atoms with van der Waals surface area (Å²) in [6.07, 6.45) is 24.4. The molecule has 4 unspecified atom stereocenters. The van der Waals surface area contributed by atoms with Gasteiger partial charge in [-0.15, -0.1) is 0 Å². The largest absolute Gasteiger partial charge is 0.307 e. The molecule has 2 saturated heterocycles. The molecule has 2 N–H and O–H groups in total. The maximum absolute atomic E-state index is 4.42. The van der Waals surface area contributed by atoms with Crippen LogP contribution >= 0.6 is 11.8 Å². The molecule has 31 heavy (non-hydrogen) atoms. The van der Waals surface area contributed by atoms with E-state index in [4.69, 9.17) is 0 Å². The minimum Gasteiger partial charge on any atom is -0.307 e. The van der Waals surface area contributed by atoms with Crippen molar-refractivity contribution in [3.63, 3.8) is 0 Å². The fraction of sp³-hybridized carbons (Fsp3) is 1.00. The van der Waals surface area contributed by atoms with E-state index in [0.29, 0.717) is 11.1 Å². The third kappa shape index (κ3) is 3.25. The van der Waals surface area contributed by atoms with Crippen LogP contribution in [-0.2, 0) is 0 Å². The zero-order valence-corrected chi connectivity index (χ0v) is 20.3. The summed E-state index contributed by atoms with van der Waals surface area (Å²) in [5.74, 6) is 6.43. The smallest absolute Gasteiger partial charge is 0.0205 e. The fourth-order valence-corrected chi connectivity index (χ4v) is 13.5. The SMILES string of the molecule is C1C2CC3CC1CC(NC1CCC4SC1CCC4NC14CC5CC(CC(C5)C1)C4)(C2)C3. The Kier molecular flexibility index (Phi) is 4.36. The van der Waals surface area contributed by atoms with Gasteiger partial charge in [0.05, 0.1) is 0 Å². The van der Waals surface area contributed by atoms with Crippen LogP contribution < -0.4 is 10.6 Å². The predicted octanol–water partition coefficient (Wildman–Crippen LogP) is 5.90. The van der Waals surface area contributed by atoms with Crippen molar-refractivity contribution in [2.24, 2.45) is 35.5 Å². The molecule has 10 rings (SSSR count). The van der Waals surface area contributed by atoms with E-state index in [2.05, 4.69) is 22.4 Å². The molecule has 172 valence electrons. The van der Waals surface area contributed by atoms with Crippen molar-refractivity contribution in [3.8, 4) is 0 Å². The summed E-state index contributed by atoms with van der Waals surface area (Å²) < 4.78 is 0. The predicted molar refractivity (Wildman–Crippen MR) is 129 cm³/mol. The number of hydrogen-bond donors (Lipinski definition) is 2. The second-order valence-corrected chi connectivity index (χ2v) is 15.7. The number of nitrogens with one attached hydrogen (secondary N) is 2. The van der Waals surface area contributed by atoms with Crippen molar-refractivity contribution in [2.45, 2.75) is 136 Å². The van der Waals surface area contributed by atoms with Gasteiger partial charge >= 0.3 is 0 Å². The highest BCUT2D eigenvalue weighted by atomic mass is 32.2. The van der Waals surface area contributed by atoms with Gasteiger partial charge in [-0.3, -0.25) is 0 Å². The number of hydrogen-bond acceptors (Lipinski definition) is 3. The Morgan fingerprint density at radius 2 is 0.774 bits per heavy atom. The van der Waals surface area contributed by atoms with Gasteiger partial charge in [0.2, 0.25) is 0 Å². The molecule has 4 atom stereocenters. The summed E-state index contributed by atoms with van der Waals surface area (Å²) in [5, 5.41) is 10.6. The van der Waals surface area contributed by atoms with E-state index in [-0.39, 0.29) is 0 Å². The molecule has 3 heteroatoms. The van der Waals surface area contributed by atoms with Crippen molar-refractivity contribution >= 4 is 11.8 Å². The van der Waals surface area contributed by atoms with Crippen LogP contribution in [0.5, 0.6) is 0 Å². The van der Waals surface area contributed by atoms with Gasteiger partial charge < -0.3 is 10.6 Å². The Morgan fingerprint density at radius 3 is 1.10 bits per heavy atom. The van der Waals surface area contributed by atoms with Gasteiger partial charge in [-0.1, -0.05) is 0 Å². The molecule has 0 radical (unpaired) electrons. The van der Waals surface area contributed by atoms with Crippen LogP contribution in [0, 0.1) is 35.5 Å². The van der Waals surface area contributed by atoms with Crippen molar-refractivity contribution in [2.75, 3.05) is 0 Å². The molecule has 0 aromatic carbocycles. The van der Waals surface area contributed by atoms with Crippen LogP contribution in [-0.4, -0.2) is 33.7 Å². The molecule has 0 amide bonds. The quantitative estimate of drug-likeness (QED) is 0.569. The summed E-state index contributed by atoms with van der Waals surface area (Å²) in [4.78, 5) is 0. The van der Waals surface area contributed by atoms with Gasteiger partial charge in [0.25, 0.3) is 0 Å². The Balaban J connectivity index is 0.934. The molecule has 2 nitrogen and oxygen atoms in total. The van der Waals surface area contributed by atoms with E-state index in [1.165, 1.54) is 64.2 Å². The highest BCUT2D eigenvalue weighted by Crippen LogP contribution is 2.58.